The Morgan fingerprint density at radius 2 is 1.71 bits per heavy atom. The fourth-order valence-corrected chi connectivity index (χ4v) is 3.65. The average molecular weight is 538 g/mol. The first-order valence-corrected chi connectivity index (χ1v) is 11.8. The van der Waals surface area contributed by atoms with Crippen molar-refractivity contribution in [3.63, 3.8) is 0 Å². The zero-order valence-electron chi connectivity index (χ0n) is 20.8. The number of amides is 3. The fraction of sp³-hybridized carbons (Fsp3) is 0.400. The Morgan fingerprint density at radius 3 is 2.26 bits per heavy atom. The van der Waals surface area contributed by atoms with Crippen LogP contribution < -0.4 is 16.4 Å². The highest BCUT2D eigenvalue weighted by molar-refractivity contribution is 5.98. The Hall–Kier alpha value is -4.16. The van der Waals surface area contributed by atoms with E-state index in [0.29, 0.717) is 37.4 Å². The van der Waals surface area contributed by atoms with Gasteiger partial charge in [-0.15, -0.1) is 0 Å². The molecule has 0 spiro atoms. The summed E-state index contributed by atoms with van der Waals surface area (Å²) in [6.07, 6.45) is -0.281. The lowest BCUT2D eigenvalue weighted by molar-refractivity contribution is -0.192. The molecule has 0 aliphatic carbocycles. The fourth-order valence-electron chi connectivity index (χ4n) is 3.65. The van der Waals surface area contributed by atoms with Crippen LogP contribution in [0.15, 0.2) is 42.6 Å². The van der Waals surface area contributed by atoms with Gasteiger partial charge in [0.05, 0.1) is 0 Å². The number of carbonyl (C=O) groups is 4. The summed E-state index contributed by atoms with van der Waals surface area (Å²) in [6.45, 7) is 3.00. The number of hydrogen-bond acceptors (Lipinski definition) is 6. The van der Waals surface area contributed by atoms with Gasteiger partial charge < -0.3 is 26.4 Å². The number of halogens is 3. The lowest BCUT2D eigenvalue weighted by Gasteiger charge is -2.24. The molecule has 1 aromatic carbocycles. The number of nitrogens with zero attached hydrogens (tertiary/aromatic N) is 2. The molecule has 1 aliphatic heterocycles. The second-order valence-electron chi connectivity index (χ2n) is 8.55. The minimum atomic E-state index is -5.08. The van der Waals surface area contributed by atoms with Crippen molar-refractivity contribution in [2.75, 3.05) is 18.8 Å². The Kier molecular flexibility index (Phi) is 11.0. The number of nitrogen functional groups attached to an aromatic ring is 1. The monoisotopic (exact) mass is 537 g/mol. The molecule has 2 heterocycles. The lowest BCUT2D eigenvalue weighted by Crippen LogP contribution is -2.46. The minimum Gasteiger partial charge on any atom is -0.475 e. The van der Waals surface area contributed by atoms with E-state index in [1.54, 1.807) is 29.3 Å². The molecule has 13 heteroatoms. The zero-order chi connectivity index (χ0) is 28.3. The minimum absolute atomic E-state index is 0.101. The van der Waals surface area contributed by atoms with E-state index < -0.39 is 18.2 Å². The number of aliphatic carboxylic acids is 1. The van der Waals surface area contributed by atoms with E-state index in [4.69, 9.17) is 15.6 Å². The van der Waals surface area contributed by atoms with Crippen LogP contribution in [0.3, 0.4) is 0 Å². The van der Waals surface area contributed by atoms with E-state index in [1.165, 1.54) is 6.92 Å². The molecule has 0 radical (unpaired) electrons. The predicted molar refractivity (Wildman–Crippen MR) is 132 cm³/mol. The summed E-state index contributed by atoms with van der Waals surface area (Å²) in [5.74, 6) is -2.62. The number of carbonyl (C=O) groups excluding carboxylic acids is 3. The van der Waals surface area contributed by atoms with Crippen LogP contribution in [0.25, 0.3) is 0 Å². The molecule has 1 aliphatic rings. The van der Waals surface area contributed by atoms with Gasteiger partial charge in [-0.2, -0.15) is 13.2 Å². The zero-order valence-corrected chi connectivity index (χ0v) is 20.8. The van der Waals surface area contributed by atoms with Gasteiger partial charge in [-0.1, -0.05) is 18.2 Å². The summed E-state index contributed by atoms with van der Waals surface area (Å²) in [5, 5.41) is 12.8. The van der Waals surface area contributed by atoms with Crippen molar-refractivity contribution in [2.24, 2.45) is 0 Å². The van der Waals surface area contributed by atoms with Gasteiger partial charge in [0.15, 0.2) is 0 Å². The number of alkyl halides is 3. The molecule has 1 unspecified atom stereocenters. The highest BCUT2D eigenvalue weighted by Gasteiger charge is 2.38. The quantitative estimate of drug-likeness (QED) is 0.377. The summed E-state index contributed by atoms with van der Waals surface area (Å²) in [4.78, 5) is 51.3. The Bertz CT molecular complexity index is 1110. The number of rotatable bonds is 8. The first kappa shape index (κ1) is 30.1. The van der Waals surface area contributed by atoms with Crippen LogP contribution in [0.5, 0.6) is 0 Å². The Morgan fingerprint density at radius 1 is 1.08 bits per heavy atom. The van der Waals surface area contributed by atoms with E-state index in [2.05, 4.69) is 15.6 Å². The Labute approximate surface area is 217 Å². The molecule has 0 bridgehead atoms. The van der Waals surface area contributed by atoms with E-state index in [9.17, 15) is 27.6 Å². The highest BCUT2D eigenvalue weighted by atomic mass is 19.4. The second-order valence-corrected chi connectivity index (χ2v) is 8.55. The maximum absolute atomic E-state index is 12.9. The van der Waals surface area contributed by atoms with Crippen LogP contribution in [0, 0.1) is 0 Å². The number of aryl methyl sites for hydroxylation is 1. The van der Waals surface area contributed by atoms with Crippen LogP contribution >= 0.6 is 0 Å². The van der Waals surface area contributed by atoms with Gasteiger partial charge in [0.2, 0.25) is 11.8 Å². The van der Waals surface area contributed by atoms with Gasteiger partial charge in [-0.05, 0) is 55.0 Å². The largest absolute Gasteiger partial charge is 0.490 e. The number of nitrogens with one attached hydrogen (secondary N) is 2. The van der Waals surface area contributed by atoms with Crippen LogP contribution in [0.1, 0.15) is 47.7 Å². The molecule has 1 saturated heterocycles. The number of benzene rings is 1. The van der Waals surface area contributed by atoms with Crippen LogP contribution in [-0.2, 0) is 27.3 Å². The molecule has 5 N–H and O–H groups in total. The van der Waals surface area contributed by atoms with E-state index in [1.807, 2.05) is 18.2 Å². The molecule has 0 saturated carbocycles. The molecule has 206 valence electrons. The molecular formula is C25H30F3N5O5. The second kappa shape index (κ2) is 14.0. The molecule has 3 amide bonds. The van der Waals surface area contributed by atoms with Gasteiger partial charge in [-0.25, -0.2) is 9.78 Å². The summed E-state index contributed by atoms with van der Waals surface area (Å²) >= 11 is 0. The third kappa shape index (κ3) is 9.71. The third-order valence-corrected chi connectivity index (χ3v) is 5.59. The van der Waals surface area contributed by atoms with E-state index in [-0.39, 0.29) is 17.7 Å². The molecule has 2 aromatic rings. The third-order valence-electron chi connectivity index (χ3n) is 5.59. The first-order valence-electron chi connectivity index (χ1n) is 11.8. The van der Waals surface area contributed by atoms with Crippen LogP contribution in [0.2, 0.25) is 0 Å². The van der Waals surface area contributed by atoms with Gasteiger partial charge in [0, 0.05) is 38.3 Å². The molecule has 10 nitrogen and oxygen atoms in total. The highest BCUT2D eigenvalue weighted by Crippen LogP contribution is 2.21. The van der Waals surface area contributed by atoms with Crippen molar-refractivity contribution in [1.29, 1.82) is 0 Å². The van der Waals surface area contributed by atoms with Crippen LogP contribution in [0.4, 0.5) is 19.0 Å². The molecule has 38 heavy (non-hydrogen) atoms. The van der Waals surface area contributed by atoms with Gasteiger partial charge in [0.25, 0.3) is 5.91 Å². The predicted octanol–water partition coefficient (Wildman–Crippen LogP) is 2.29. The summed E-state index contributed by atoms with van der Waals surface area (Å²) in [5.41, 5.74) is 8.12. The summed E-state index contributed by atoms with van der Waals surface area (Å²) in [6, 6.07) is 10.4. The van der Waals surface area contributed by atoms with Crippen molar-refractivity contribution >= 4 is 29.5 Å². The number of anilines is 1. The maximum Gasteiger partial charge on any atom is 0.490 e. The van der Waals surface area contributed by atoms with Crippen molar-refractivity contribution in [3.8, 4) is 0 Å². The van der Waals surface area contributed by atoms with Gasteiger partial charge in [-0.3, -0.25) is 14.4 Å². The van der Waals surface area contributed by atoms with Crippen molar-refractivity contribution in [1.82, 2.24) is 20.5 Å². The molecule has 3 rings (SSSR count). The number of pyridine rings is 1. The molecule has 1 aromatic heterocycles. The van der Waals surface area contributed by atoms with Crippen molar-refractivity contribution in [3.05, 3.63) is 59.3 Å². The molecular weight excluding hydrogens is 507 g/mol. The summed E-state index contributed by atoms with van der Waals surface area (Å²) < 4.78 is 31.7. The van der Waals surface area contributed by atoms with Crippen molar-refractivity contribution in [2.45, 2.75) is 51.4 Å². The SMILES string of the molecule is CC(=O)NCc1ccc(C(=O)N2CCCC2C(=O)NCCCc2ccc(N)nc2)cc1.O=C(O)C(F)(F)F. The van der Waals surface area contributed by atoms with E-state index >= 15 is 0 Å². The van der Waals surface area contributed by atoms with Gasteiger partial charge in [0.1, 0.15) is 11.9 Å². The average Bonchev–Trinajstić information content (AvgIpc) is 3.36. The van der Waals surface area contributed by atoms with Crippen LogP contribution in [-0.4, -0.2) is 64.0 Å². The standard InChI is InChI=1S/C23H29N5O3.C2HF3O2/c1-16(29)26-14-18-6-9-19(10-7-18)23(31)28-13-3-5-20(28)22(30)25-12-2-4-17-8-11-21(24)27-15-17;3-2(4,5)1(6)7/h6-11,15,20H,2-5,12-14H2,1H3,(H2,24,27)(H,25,30)(H,26,29);(H,6,7). The number of nitrogens with two attached hydrogens (primary N) is 1. The number of carboxylic acids is 1. The Balaban J connectivity index is 0.000000638. The normalized spacial score (nSPS) is 14.7. The molecule has 1 fully saturated rings. The maximum atomic E-state index is 12.9. The lowest BCUT2D eigenvalue weighted by atomic mass is 10.1. The number of hydrogen-bond donors (Lipinski definition) is 4. The number of likely N-dealkylation sites (tertiary alicyclic amines) is 1. The summed E-state index contributed by atoms with van der Waals surface area (Å²) in [7, 11) is 0. The molecule has 1 atom stereocenters. The van der Waals surface area contributed by atoms with E-state index in [0.717, 1.165) is 30.4 Å². The topological polar surface area (TPSA) is 155 Å². The van der Waals surface area contributed by atoms with Crippen molar-refractivity contribution < 1.29 is 37.5 Å². The number of aromatic nitrogens is 1. The number of carboxylic acid groups (broad SMARTS) is 1. The van der Waals surface area contributed by atoms with Gasteiger partial charge >= 0.3 is 12.1 Å². The smallest absolute Gasteiger partial charge is 0.475 e. The first-order chi connectivity index (χ1) is 17.9.